The molecule has 0 bridgehead atoms. The largest absolute Gasteiger partial charge is 0.385 e. The summed E-state index contributed by atoms with van der Waals surface area (Å²) in [6.07, 6.45) is 10.8. The van der Waals surface area contributed by atoms with Crippen molar-refractivity contribution < 1.29 is 14.2 Å². The molecular formula is C17H33NO3. The molecule has 2 atom stereocenters. The van der Waals surface area contributed by atoms with Crippen LogP contribution in [0.5, 0.6) is 0 Å². The first-order valence-electron chi connectivity index (χ1n) is 8.69. The summed E-state index contributed by atoms with van der Waals surface area (Å²) in [5.74, 6) is 0. The molecule has 0 aromatic carbocycles. The smallest absolute Gasteiger partial charge is 0.0704 e. The zero-order chi connectivity index (χ0) is 15.0. The Hall–Kier alpha value is -0.160. The fraction of sp³-hybridized carbons (Fsp3) is 1.00. The van der Waals surface area contributed by atoms with Gasteiger partial charge in [-0.05, 0) is 32.7 Å². The van der Waals surface area contributed by atoms with Crippen molar-refractivity contribution in [2.45, 2.75) is 63.5 Å². The summed E-state index contributed by atoms with van der Waals surface area (Å²) < 4.78 is 16.8. The molecule has 0 radical (unpaired) electrons. The van der Waals surface area contributed by atoms with E-state index in [1.165, 1.54) is 44.9 Å². The molecule has 1 N–H and O–H groups in total. The second-order valence-electron chi connectivity index (χ2n) is 6.54. The Morgan fingerprint density at radius 2 is 1.76 bits per heavy atom. The van der Waals surface area contributed by atoms with Gasteiger partial charge < -0.3 is 19.5 Å². The molecule has 2 fully saturated rings. The number of hydrogen-bond donors (Lipinski definition) is 1. The third-order valence-corrected chi connectivity index (χ3v) is 5.35. The molecule has 124 valence electrons. The van der Waals surface area contributed by atoms with Gasteiger partial charge in [0.1, 0.15) is 0 Å². The van der Waals surface area contributed by atoms with E-state index < -0.39 is 0 Å². The van der Waals surface area contributed by atoms with E-state index in [0.29, 0.717) is 24.2 Å². The van der Waals surface area contributed by atoms with E-state index in [1.54, 1.807) is 7.11 Å². The number of rotatable bonds is 9. The van der Waals surface area contributed by atoms with Gasteiger partial charge in [-0.1, -0.05) is 25.7 Å². The van der Waals surface area contributed by atoms with Gasteiger partial charge in [-0.25, -0.2) is 0 Å². The Labute approximate surface area is 129 Å². The maximum Gasteiger partial charge on any atom is 0.0704 e. The van der Waals surface area contributed by atoms with E-state index in [9.17, 15) is 0 Å². The van der Waals surface area contributed by atoms with Crippen LogP contribution in [0.2, 0.25) is 0 Å². The minimum Gasteiger partial charge on any atom is -0.385 e. The third-order valence-electron chi connectivity index (χ3n) is 5.35. The van der Waals surface area contributed by atoms with Crippen molar-refractivity contribution in [1.29, 1.82) is 0 Å². The fourth-order valence-electron chi connectivity index (χ4n) is 4.10. The third kappa shape index (κ3) is 4.41. The Kier molecular flexibility index (Phi) is 7.44. The summed E-state index contributed by atoms with van der Waals surface area (Å²) in [4.78, 5) is 0. The topological polar surface area (TPSA) is 39.7 Å². The second kappa shape index (κ2) is 9.09. The van der Waals surface area contributed by atoms with Crippen LogP contribution in [0.4, 0.5) is 0 Å². The molecule has 0 aromatic rings. The lowest BCUT2D eigenvalue weighted by molar-refractivity contribution is -0.149. The average Bonchev–Trinajstić information content (AvgIpc) is 2.76. The number of ether oxygens (including phenoxy) is 3. The van der Waals surface area contributed by atoms with Gasteiger partial charge in [-0.2, -0.15) is 0 Å². The molecule has 0 aromatic heterocycles. The Morgan fingerprint density at radius 3 is 2.43 bits per heavy atom. The van der Waals surface area contributed by atoms with Crippen LogP contribution in [0.15, 0.2) is 0 Å². The van der Waals surface area contributed by atoms with Gasteiger partial charge in [0.2, 0.25) is 0 Å². The van der Waals surface area contributed by atoms with E-state index in [-0.39, 0.29) is 0 Å². The first kappa shape index (κ1) is 17.2. The zero-order valence-corrected chi connectivity index (χ0v) is 13.9. The molecule has 2 rings (SSSR count). The molecule has 4 nitrogen and oxygen atoms in total. The van der Waals surface area contributed by atoms with E-state index in [2.05, 4.69) is 12.4 Å². The van der Waals surface area contributed by atoms with E-state index in [4.69, 9.17) is 14.2 Å². The molecule has 2 saturated carbocycles. The molecular weight excluding hydrogens is 266 g/mol. The summed E-state index contributed by atoms with van der Waals surface area (Å²) in [7, 11) is 3.83. The standard InChI is InChI=1S/C17H33NO3/c1-18-15-14-16(17(15)8-5-3-4-6-9-17)21-13-12-20-11-7-10-19-2/h15-16,18H,3-14H2,1-2H3. The molecule has 0 heterocycles. The maximum atomic E-state index is 6.17. The summed E-state index contributed by atoms with van der Waals surface area (Å²) >= 11 is 0. The van der Waals surface area contributed by atoms with Crippen LogP contribution < -0.4 is 5.32 Å². The highest BCUT2D eigenvalue weighted by atomic mass is 16.5. The normalized spacial score (nSPS) is 28.3. The summed E-state index contributed by atoms with van der Waals surface area (Å²) in [5.41, 5.74) is 0.404. The summed E-state index contributed by atoms with van der Waals surface area (Å²) in [6.45, 7) is 2.99. The Morgan fingerprint density at radius 1 is 1.00 bits per heavy atom. The summed E-state index contributed by atoms with van der Waals surface area (Å²) in [5, 5.41) is 3.52. The number of nitrogens with one attached hydrogen (secondary N) is 1. The Balaban J connectivity index is 1.67. The maximum absolute atomic E-state index is 6.17. The molecule has 0 saturated heterocycles. The minimum absolute atomic E-state index is 0.404. The quantitative estimate of drug-likeness (QED) is 0.665. The highest BCUT2D eigenvalue weighted by Crippen LogP contribution is 2.52. The van der Waals surface area contributed by atoms with Gasteiger partial charge in [-0.3, -0.25) is 0 Å². The van der Waals surface area contributed by atoms with Crippen molar-refractivity contribution in [3.8, 4) is 0 Å². The predicted molar refractivity (Wildman–Crippen MR) is 84.7 cm³/mol. The van der Waals surface area contributed by atoms with Gasteiger partial charge in [0.05, 0.1) is 19.3 Å². The highest BCUT2D eigenvalue weighted by Gasteiger charge is 2.54. The molecule has 0 aliphatic heterocycles. The van der Waals surface area contributed by atoms with Crippen molar-refractivity contribution >= 4 is 0 Å². The monoisotopic (exact) mass is 299 g/mol. The van der Waals surface area contributed by atoms with Crippen LogP contribution in [0.3, 0.4) is 0 Å². The van der Waals surface area contributed by atoms with E-state index in [0.717, 1.165) is 26.2 Å². The lowest BCUT2D eigenvalue weighted by Gasteiger charge is -2.56. The van der Waals surface area contributed by atoms with E-state index in [1.807, 2.05) is 0 Å². The molecule has 2 aliphatic rings. The SMILES string of the molecule is CNC1CC(OCCOCCCOC)C12CCCCCC2. The van der Waals surface area contributed by atoms with Crippen LogP contribution in [0.25, 0.3) is 0 Å². The van der Waals surface area contributed by atoms with Gasteiger partial charge in [0.15, 0.2) is 0 Å². The van der Waals surface area contributed by atoms with Crippen molar-refractivity contribution in [3.05, 3.63) is 0 Å². The molecule has 2 aliphatic carbocycles. The van der Waals surface area contributed by atoms with Crippen LogP contribution in [0, 0.1) is 5.41 Å². The molecule has 0 amide bonds. The van der Waals surface area contributed by atoms with Crippen molar-refractivity contribution in [2.24, 2.45) is 5.41 Å². The van der Waals surface area contributed by atoms with Crippen LogP contribution >= 0.6 is 0 Å². The van der Waals surface area contributed by atoms with Gasteiger partial charge in [-0.15, -0.1) is 0 Å². The second-order valence-corrected chi connectivity index (χ2v) is 6.54. The summed E-state index contributed by atoms with van der Waals surface area (Å²) in [6, 6.07) is 0.656. The van der Waals surface area contributed by atoms with Crippen LogP contribution in [-0.4, -0.2) is 52.7 Å². The van der Waals surface area contributed by atoms with Gasteiger partial charge >= 0.3 is 0 Å². The van der Waals surface area contributed by atoms with Gasteiger partial charge in [0.25, 0.3) is 0 Å². The first-order chi connectivity index (χ1) is 10.3. The van der Waals surface area contributed by atoms with Crippen molar-refractivity contribution in [3.63, 3.8) is 0 Å². The van der Waals surface area contributed by atoms with Gasteiger partial charge in [0, 0.05) is 31.8 Å². The minimum atomic E-state index is 0.404. The average molecular weight is 299 g/mol. The lowest BCUT2D eigenvalue weighted by atomic mass is 9.58. The highest BCUT2D eigenvalue weighted by molar-refractivity contribution is 5.07. The molecule has 2 unspecified atom stereocenters. The van der Waals surface area contributed by atoms with Crippen LogP contribution in [-0.2, 0) is 14.2 Å². The number of hydrogen-bond acceptors (Lipinski definition) is 4. The number of methoxy groups -OCH3 is 1. The lowest BCUT2D eigenvalue weighted by Crippen LogP contribution is -2.63. The fourth-order valence-corrected chi connectivity index (χ4v) is 4.10. The van der Waals surface area contributed by atoms with Crippen molar-refractivity contribution in [2.75, 3.05) is 40.6 Å². The van der Waals surface area contributed by atoms with Crippen molar-refractivity contribution in [1.82, 2.24) is 5.32 Å². The molecule has 21 heavy (non-hydrogen) atoms. The van der Waals surface area contributed by atoms with Crippen LogP contribution in [0.1, 0.15) is 51.4 Å². The molecule has 4 heteroatoms. The molecule has 1 spiro atoms. The predicted octanol–water partition coefficient (Wildman–Crippen LogP) is 2.76. The zero-order valence-electron chi connectivity index (χ0n) is 13.9. The van der Waals surface area contributed by atoms with E-state index >= 15 is 0 Å². The first-order valence-corrected chi connectivity index (χ1v) is 8.69. The Bertz CT molecular complexity index is 277.